The summed E-state index contributed by atoms with van der Waals surface area (Å²) in [5.74, 6) is 0.857. The molecular formula is C13H19NO5S. The smallest absolute Gasteiger partial charge is 0.333 e. The molecule has 1 aliphatic heterocycles. The summed E-state index contributed by atoms with van der Waals surface area (Å²) >= 11 is 0. The van der Waals surface area contributed by atoms with Crippen LogP contribution in [0.15, 0.2) is 18.2 Å². The first-order valence-corrected chi connectivity index (χ1v) is 7.80. The summed E-state index contributed by atoms with van der Waals surface area (Å²) in [5, 5.41) is 10.2. The molecular weight excluding hydrogens is 282 g/mol. The van der Waals surface area contributed by atoms with Crippen LogP contribution in [0, 0.1) is 0 Å². The summed E-state index contributed by atoms with van der Waals surface area (Å²) < 4.78 is 37.3. The zero-order chi connectivity index (χ0) is 15.0. The second kappa shape index (κ2) is 5.33. The van der Waals surface area contributed by atoms with Gasteiger partial charge in [0.2, 0.25) is 0 Å². The third-order valence-corrected chi connectivity index (χ3v) is 4.26. The monoisotopic (exact) mass is 301 g/mol. The molecule has 6 nitrogen and oxygen atoms in total. The van der Waals surface area contributed by atoms with Gasteiger partial charge in [-0.1, -0.05) is 26.0 Å². The molecule has 0 amide bonds. The van der Waals surface area contributed by atoms with E-state index in [0.717, 1.165) is 23.3 Å². The van der Waals surface area contributed by atoms with Gasteiger partial charge in [0.1, 0.15) is 5.75 Å². The van der Waals surface area contributed by atoms with E-state index < -0.39 is 21.8 Å². The normalized spacial score (nSPS) is 16.6. The number of nitrogens with one attached hydrogen (secondary N) is 1. The number of aliphatic hydroxyl groups excluding tert-OH is 1. The fourth-order valence-corrected chi connectivity index (χ4v) is 2.59. The zero-order valence-corrected chi connectivity index (χ0v) is 12.3. The van der Waals surface area contributed by atoms with E-state index in [1.165, 1.54) is 0 Å². The predicted octanol–water partition coefficient (Wildman–Crippen LogP) is 0.652. The Kier molecular flexibility index (Phi) is 4.06. The first kappa shape index (κ1) is 15.2. The number of aliphatic hydroxyl groups is 1. The van der Waals surface area contributed by atoms with Gasteiger partial charge in [0, 0.05) is 18.4 Å². The molecule has 1 aromatic rings. The van der Waals surface area contributed by atoms with E-state index in [1.807, 2.05) is 36.8 Å². The Morgan fingerprint density at radius 3 is 2.80 bits per heavy atom. The number of hydrogen-bond donors (Lipinski definition) is 3. The largest absolute Gasteiger partial charge is 0.493 e. The lowest BCUT2D eigenvalue weighted by atomic mass is 9.78. The van der Waals surface area contributed by atoms with Crippen molar-refractivity contribution in [2.75, 3.05) is 13.2 Å². The van der Waals surface area contributed by atoms with E-state index in [0.29, 0.717) is 6.61 Å². The topological polar surface area (TPSA) is 95.9 Å². The Balaban J connectivity index is 2.16. The summed E-state index contributed by atoms with van der Waals surface area (Å²) in [7, 11) is -4.30. The van der Waals surface area contributed by atoms with Crippen molar-refractivity contribution in [2.45, 2.75) is 31.8 Å². The van der Waals surface area contributed by atoms with Gasteiger partial charge in [-0.15, -0.1) is 0 Å². The highest BCUT2D eigenvalue weighted by Crippen LogP contribution is 2.33. The zero-order valence-electron chi connectivity index (χ0n) is 11.5. The van der Waals surface area contributed by atoms with E-state index in [9.17, 15) is 13.5 Å². The molecule has 3 N–H and O–H groups in total. The first-order valence-electron chi connectivity index (χ1n) is 6.36. The van der Waals surface area contributed by atoms with Gasteiger partial charge in [-0.2, -0.15) is 13.1 Å². The minimum absolute atomic E-state index is 0.251. The Morgan fingerprint density at radius 2 is 2.15 bits per heavy atom. The van der Waals surface area contributed by atoms with E-state index in [-0.39, 0.29) is 6.54 Å². The standard InChI is InChI=1S/C13H19NO5S/c1-13(2,12(15)8-14-20(16,17)18)10-3-4-11-9(7-10)5-6-19-11/h3-4,7,12,14-15H,5-6,8H2,1-2H3,(H,16,17,18). The third-order valence-electron chi connectivity index (χ3n) is 3.73. The maximum absolute atomic E-state index is 10.7. The van der Waals surface area contributed by atoms with Crippen LogP contribution in [0.4, 0.5) is 0 Å². The van der Waals surface area contributed by atoms with E-state index in [1.54, 1.807) is 0 Å². The van der Waals surface area contributed by atoms with Crippen LogP contribution in [-0.4, -0.2) is 37.3 Å². The highest BCUT2D eigenvalue weighted by Gasteiger charge is 2.31. The quantitative estimate of drug-likeness (QED) is 0.694. The Morgan fingerprint density at radius 1 is 1.45 bits per heavy atom. The number of ether oxygens (including phenoxy) is 1. The van der Waals surface area contributed by atoms with Crippen molar-refractivity contribution < 1.29 is 22.8 Å². The summed E-state index contributed by atoms with van der Waals surface area (Å²) in [6, 6.07) is 5.70. The lowest BCUT2D eigenvalue weighted by Gasteiger charge is -2.31. The maximum Gasteiger partial charge on any atom is 0.333 e. The molecule has 1 heterocycles. The van der Waals surface area contributed by atoms with Crippen LogP contribution in [0.3, 0.4) is 0 Å². The van der Waals surface area contributed by atoms with Crippen LogP contribution in [-0.2, 0) is 22.1 Å². The predicted molar refractivity (Wildman–Crippen MR) is 74.2 cm³/mol. The third kappa shape index (κ3) is 3.29. The molecule has 0 aromatic heterocycles. The summed E-state index contributed by atoms with van der Waals surface area (Å²) in [4.78, 5) is 0. The summed E-state index contributed by atoms with van der Waals surface area (Å²) in [6.07, 6.45) is -0.136. The van der Waals surface area contributed by atoms with Crippen LogP contribution >= 0.6 is 0 Å². The molecule has 0 spiro atoms. The minimum Gasteiger partial charge on any atom is -0.493 e. The minimum atomic E-state index is -4.30. The van der Waals surface area contributed by atoms with Crippen molar-refractivity contribution in [1.82, 2.24) is 4.72 Å². The van der Waals surface area contributed by atoms with Gasteiger partial charge in [-0.3, -0.25) is 4.55 Å². The molecule has 1 aromatic carbocycles. The van der Waals surface area contributed by atoms with Gasteiger partial charge in [-0.05, 0) is 17.2 Å². The van der Waals surface area contributed by atoms with Crippen molar-refractivity contribution >= 4 is 10.3 Å². The molecule has 0 radical (unpaired) electrons. The van der Waals surface area contributed by atoms with Gasteiger partial charge in [-0.25, -0.2) is 0 Å². The molecule has 7 heteroatoms. The van der Waals surface area contributed by atoms with Gasteiger partial charge in [0.15, 0.2) is 0 Å². The van der Waals surface area contributed by atoms with Crippen molar-refractivity contribution in [2.24, 2.45) is 0 Å². The molecule has 0 saturated carbocycles. The Bertz CT molecular complexity index is 597. The van der Waals surface area contributed by atoms with Gasteiger partial charge in [0.25, 0.3) is 0 Å². The average molecular weight is 301 g/mol. The van der Waals surface area contributed by atoms with Gasteiger partial charge >= 0.3 is 10.3 Å². The maximum atomic E-state index is 10.7. The van der Waals surface area contributed by atoms with Crippen LogP contribution in [0.5, 0.6) is 5.75 Å². The lowest BCUT2D eigenvalue weighted by Crippen LogP contribution is -2.42. The van der Waals surface area contributed by atoms with E-state index in [4.69, 9.17) is 9.29 Å². The Labute approximate surface area is 118 Å². The molecule has 20 heavy (non-hydrogen) atoms. The van der Waals surface area contributed by atoms with Crippen molar-refractivity contribution in [3.63, 3.8) is 0 Å². The average Bonchev–Trinajstić information content (AvgIpc) is 2.81. The van der Waals surface area contributed by atoms with E-state index in [2.05, 4.69) is 0 Å². The molecule has 1 aliphatic rings. The molecule has 112 valence electrons. The number of hydrogen-bond acceptors (Lipinski definition) is 4. The molecule has 0 bridgehead atoms. The van der Waals surface area contributed by atoms with Crippen molar-refractivity contribution in [3.05, 3.63) is 29.3 Å². The fraction of sp³-hybridized carbons (Fsp3) is 0.538. The second-order valence-corrected chi connectivity index (χ2v) is 6.72. The van der Waals surface area contributed by atoms with E-state index >= 15 is 0 Å². The van der Waals surface area contributed by atoms with Crippen LogP contribution in [0.25, 0.3) is 0 Å². The lowest BCUT2D eigenvalue weighted by molar-refractivity contribution is 0.103. The molecule has 2 rings (SSSR count). The number of fused-ring (bicyclic) bond motifs is 1. The highest BCUT2D eigenvalue weighted by molar-refractivity contribution is 7.83. The number of benzene rings is 1. The van der Waals surface area contributed by atoms with Gasteiger partial charge in [0.05, 0.1) is 12.7 Å². The van der Waals surface area contributed by atoms with Crippen molar-refractivity contribution in [3.8, 4) is 5.75 Å². The first-order chi connectivity index (χ1) is 9.20. The summed E-state index contributed by atoms with van der Waals surface area (Å²) in [5.41, 5.74) is 1.33. The molecule has 1 unspecified atom stereocenters. The SMILES string of the molecule is CC(C)(c1ccc2c(c1)CCO2)C(O)CNS(=O)(=O)O. The highest BCUT2D eigenvalue weighted by atomic mass is 32.2. The molecule has 0 aliphatic carbocycles. The van der Waals surface area contributed by atoms with Gasteiger partial charge < -0.3 is 9.84 Å². The summed E-state index contributed by atoms with van der Waals surface area (Å²) in [6.45, 7) is 4.05. The van der Waals surface area contributed by atoms with Crippen LogP contribution in [0.2, 0.25) is 0 Å². The van der Waals surface area contributed by atoms with Crippen LogP contribution in [0.1, 0.15) is 25.0 Å². The second-order valence-electron chi connectivity index (χ2n) is 5.48. The number of rotatable bonds is 5. The van der Waals surface area contributed by atoms with Crippen LogP contribution < -0.4 is 9.46 Å². The Hall–Kier alpha value is -1.15. The van der Waals surface area contributed by atoms with Crippen molar-refractivity contribution in [1.29, 1.82) is 0 Å². The molecule has 1 atom stereocenters. The fourth-order valence-electron chi connectivity index (χ4n) is 2.22. The molecule has 0 saturated heterocycles. The molecule has 0 fully saturated rings.